The van der Waals surface area contributed by atoms with E-state index in [1.165, 1.54) is 11.8 Å². The molecule has 0 radical (unpaired) electrons. The Morgan fingerprint density at radius 1 is 1.19 bits per heavy atom. The van der Waals surface area contributed by atoms with Gasteiger partial charge in [0, 0.05) is 22.9 Å². The van der Waals surface area contributed by atoms with E-state index in [0.717, 1.165) is 40.2 Å². The second-order valence-electron chi connectivity index (χ2n) is 6.78. The smallest absolute Gasteiger partial charge is 0.233 e. The monoisotopic (exact) mass is 397 g/mol. The molecule has 1 aliphatic rings. The molecule has 1 atom stereocenters. The Labute approximate surface area is 167 Å². The second-order valence-corrected chi connectivity index (χ2v) is 8.55. The van der Waals surface area contributed by atoms with Crippen LogP contribution < -0.4 is 5.32 Å². The number of nitrogens with zero attached hydrogens (tertiary/aromatic N) is 2. The molecule has 1 aliphatic carbocycles. The third-order valence-corrected chi connectivity index (χ3v) is 5.92. The molecule has 0 saturated heterocycles. The van der Waals surface area contributed by atoms with Crippen LogP contribution in [0.4, 0.5) is 0 Å². The number of benzene rings is 2. The third kappa shape index (κ3) is 4.42. The first kappa shape index (κ1) is 18.3. The molecule has 27 heavy (non-hydrogen) atoms. The first-order valence-electron chi connectivity index (χ1n) is 9.05. The van der Waals surface area contributed by atoms with Gasteiger partial charge in [0.2, 0.25) is 5.91 Å². The molecule has 0 aliphatic heterocycles. The summed E-state index contributed by atoms with van der Waals surface area (Å²) in [5.41, 5.74) is 1.97. The summed E-state index contributed by atoms with van der Waals surface area (Å²) in [6.45, 7) is 2.40. The van der Waals surface area contributed by atoms with Gasteiger partial charge in [-0.25, -0.2) is 9.97 Å². The summed E-state index contributed by atoms with van der Waals surface area (Å²) < 4.78 is 0. The molecule has 1 N–H and O–H groups in total. The summed E-state index contributed by atoms with van der Waals surface area (Å²) in [5.74, 6) is 1.37. The molecule has 3 aromatic rings. The van der Waals surface area contributed by atoms with E-state index in [-0.39, 0.29) is 11.2 Å². The lowest BCUT2D eigenvalue weighted by atomic mass is 10.2. The van der Waals surface area contributed by atoms with Crippen LogP contribution in [0.5, 0.6) is 0 Å². The van der Waals surface area contributed by atoms with Crippen LogP contribution in [0.3, 0.4) is 0 Å². The van der Waals surface area contributed by atoms with Crippen LogP contribution >= 0.6 is 23.4 Å². The summed E-state index contributed by atoms with van der Waals surface area (Å²) >= 11 is 7.39. The molecule has 0 spiro atoms. The van der Waals surface area contributed by atoms with E-state index in [9.17, 15) is 4.79 Å². The number of carbonyl (C=O) groups is 1. The molecule has 1 unspecified atom stereocenters. The van der Waals surface area contributed by atoms with Crippen molar-refractivity contribution in [2.75, 3.05) is 0 Å². The molecule has 4 rings (SSSR count). The second kappa shape index (κ2) is 7.87. The number of carbonyl (C=O) groups excluding carboxylic acids is 1. The molecule has 1 fully saturated rings. The van der Waals surface area contributed by atoms with Gasteiger partial charge in [-0.15, -0.1) is 0 Å². The number of hydrogen-bond donors (Lipinski definition) is 1. The third-order valence-electron chi connectivity index (χ3n) is 4.57. The summed E-state index contributed by atoms with van der Waals surface area (Å²) in [6.07, 6.45) is 2.30. The van der Waals surface area contributed by atoms with Gasteiger partial charge in [0.25, 0.3) is 0 Å². The van der Waals surface area contributed by atoms with E-state index in [2.05, 4.69) is 5.32 Å². The molecule has 2 aromatic carbocycles. The van der Waals surface area contributed by atoms with Crippen molar-refractivity contribution in [1.29, 1.82) is 0 Å². The van der Waals surface area contributed by atoms with Crippen molar-refractivity contribution in [3.8, 4) is 0 Å². The molecule has 0 bridgehead atoms. The van der Waals surface area contributed by atoms with Crippen LogP contribution in [-0.4, -0.2) is 21.1 Å². The molecule has 1 aromatic heterocycles. The van der Waals surface area contributed by atoms with Gasteiger partial charge >= 0.3 is 0 Å². The van der Waals surface area contributed by atoms with Gasteiger partial charge in [-0.3, -0.25) is 4.79 Å². The van der Waals surface area contributed by atoms with E-state index in [1.807, 2.05) is 55.5 Å². The fourth-order valence-electron chi connectivity index (χ4n) is 2.83. The lowest BCUT2D eigenvalue weighted by molar-refractivity contribution is -0.120. The first-order valence-corrected chi connectivity index (χ1v) is 10.3. The highest BCUT2D eigenvalue weighted by molar-refractivity contribution is 8.00. The maximum atomic E-state index is 12.6. The Morgan fingerprint density at radius 2 is 1.93 bits per heavy atom. The number of para-hydroxylation sites is 1. The number of halogens is 1. The van der Waals surface area contributed by atoms with Crippen molar-refractivity contribution in [3.63, 3.8) is 0 Å². The average Bonchev–Trinajstić information content (AvgIpc) is 3.52. The van der Waals surface area contributed by atoms with E-state index in [1.54, 1.807) is 0 Å². The number of nitrogens with one attached hydrogen (secondary N) is 1. The maximum absolute atomic E-state index is 12.6. The number of fused-ring (bicyclic) bond motifs is 1. The highest BCUT2D eigenvalue weighted by atomic mass is 35.5. The predicted molar refractivity (Wildman–Crippen MR) is 110 cm³/mol. The van der Waals surface area contributed by atoms with Crippen molar-refractivity contribution in [1.82, 2.24) is 15.3 Å². The van der Waals surface area contributed by atoms with Gasteiger partial charge in [-0.1, -0.05) is 53.7 Å². The fourth-order valence-corrected chi connectivity index (χ4v) is 3.93. The lowest BCUT2D eigenvalue weighted by Gasteiger charge is -2.14. The van der Waals surface area contributed by atoms with Gasteiger partial charge in [-0.05, 0) is 43.5 Å². The van der Waals surface area contributed by atoms with Gasteiger partial charge in [0.1, 0.15) is 10.9 Å². The highest BCUT2D eigenvalue weighted by Gasteiger charge is 2.28. The van der Waals surface area contributed by atoms with Gasteiger partial charge in [0.15, 0.2) is 0 Å². The zero-order valence-corrected chi connectivity index (χ0v) is 16.6. The van der Waals surface area contributed by atoms with E-state index < -0.39 is 0 Å². The predicted octanol–water partition coefficient (Wildman–Crippen LogP) is 4.96. The topological polar surface area (TPSA) is 54.9 Å². The lowest BCUT2D eigenvalue weighted by Crippen LogP contribution is -2.30. The summed E-state index contributed by atoms with van der Waals surface area (Å²) in [5, 5.41) is 5.32. The van der Waals surface area contributed by atoms with Crippen molar-refractivity contribution < 1.29 is 4.79 Å². The number of hydrogen-bond acceptors (Lipinski definition) is 4. The SMILES string of the molecule is CC(Sc1nc(C2CC2)nc2ccccc12)C(=O)NCc1ccc(Cl)cc1. The number of amides is 1. The minimum atomic E-state index is -0.248. The van der Waals surface area contributed by atoms with Crippen LogP contribution in [0.15, 0.2) is 53.6 Å². The highest BCUT2D eigenvalue weighted by Crippen LogP contribution is 2.40. The normalized spacial score (nSPS) is 14.9. The molecule has 1 heterocycles. The van der Waals surface area contributed by atoms with E-state index >= 15 is 0 Å². The van der Waals surface area contributed by atoms with Crippen LogP contribution in [0.1, 0.15) is 37.1 Å². The largest absolute Gasteiger partial charge is 0.351 e. The van der Waals surface area contributed by atoms with Crippen LogP contribution in [0.25, 0.3) is 10.9 Å². The Balaban J connectivity index is 1.47. The van der Waals surface area contributed by atoms with Crippen molar-refractivity contribution >= 4 is 40.2 Å². The number of aromatic nitrogens is 2. The van der Waals surface area contributed by atoms with Crippen LogP contribution in [0.2, 0.25) is 5.02 Å². The quantitative estimate of drug-likeness (QED) is 0.472. The average molecular weight is 398 g/mol. The standard InChI is InChI=1S/C21H20ClN3OS/c1-13(20(26)23-12-14-6-10-16(22)11-7-14)27-21-17-4-2-3-5-18(17)24-19(25-21)15-8-9-15/h2-7,10-11,13,15H,8-9,12H2,1H3,(H,23,26). The molecular weight excluding hydrogens is 378 g/mol. The fraction of sp³-hybridized carbons (Fsp3) is 0.286. The minimum absolute atomic E-state index is 0.00869. The molecule has 1 saturated carbocycles. The van der Waals surface area contributed by atoms with Crippen LogP contribution in [0, 0.1) is 0 Å². The zero-order valence-electron chi connectivity index (χ0n) is 15.0. The van der Waals surface area contributed by atoms with Crippen molar-refractivity contribution in [2.24, 2.45) is 0 Å². The molecule has 4 nitrogen and oxygen atoms in total. The summed E-state index contributed by atoms with van der Waals surface area (Å²) in [4.78, 5) is 22.0. The minimum Gasteiger partial charge on any atom is -0.351 e. The summed E-state index contributed by atoms with van der Waals surface area (Å²) in [6, 6.07) is 15.5. The molecule has 138 valence electrons. The Kier molecular flexibility index (Phi) is 5.32. The van der Waals surface area contributed by atoms with Crippen molar-refractivity contribution in [2.45, 2.75) is 42.5 Å². The number of thioether (sulfide) groups is 1. The summed E-state index contributed by atoms with van der Waals surface area (Å²) in [7, 11) is 0. The van der Waals surface area contributed by atoms with E-state index in [0.29, 0.717) is 17.5 Å². The van der Waals surface area contributed by atoms with Gasteiger partial charge in [0.05, 0.1) is 10.8 Å². The molecule has 6 heteroatoms. The van der Waals surface area contributed by atoms with Crippen molar-refractivity contribution in [3.05, 3.63) is 64.9 Å². The maximum Gasteiger partial charge on any atom is 0.233 e. The van der Waals surface area contributed by atoms with Gasteiger partial charge in [-0.2, -0.15) is 0 Å². The molecule has 1 amide bonds. The first-order chi connectivity index (χ1) is 13.1. The zero-order chi connectivity index (χ0) is 18.8. The van der Waals surface area contributed by atoms with E-state index in [4.69, 9.17) is 21.6 Å². The van der Waals surface area contributed by atoms with Crippen LogP contribution in [-0.2, 0) is 11.3 Å². The Bertz CT molecular complexity index is 973. The number of rotatable bonds is 6. The van der Waals surface area contributed by atoms with Gasteiger partial charge < -0.3 is 5.32 Å². The Hall–Kier alpha value is -2.11. The molecular formula is C21H20ClN3OS. The Morgan fingerprint density at radius 3 is 2.67 bits per heavy atom.